The van der Waals surface area contributed by atoms with Gasteiger partial charge in [0.1, 0.15) is 11.4 Å². The van der Waals surface area contributed by atoms with E-state index < -0.39 is 5.92 Å². The summed E-state index contributed by atoms with van der Waals surface area (Å²) < 4.78 is 4.92. The van der Waals surface area contributed by atoms with E-state index in [1.54, 1.807) is 13.8 Å². The van der Waals surface area contributed by atoms with Crippen LogP contribution in [0.1, 0.15) is 25.6 Å². The minimum Gasteiger partial charge on any atom is -0.465 e. The molecule has 5 nitrogen and oxygen atoms in total. The van der Waals surface area contributed by atoms with E-state index in [0.29, 0.717) is 17.9 Å². The molecule has 0 aliphatic rings. The molecule has 1 aromatic heterocycles. The van der Waals surface area contributed by atoms with Gasteiger partial charge in [-0.05, 0) is 26.0 Å². The van der Waals surface area contributed by atoms with Crippen LogP contribution in [-0.4, -0.2) is 27.8 Å². The number of para-hydroxylation sites is 1. The molecule has 0 aliphatic heterocycles. The lowest BCUT2D eigenvalue weighted by atomic mass is 10.1. The van der Waals surface area contributed by atoms with E-state index in [1.807, 2.05) is 24.3 Å². The van der Waals surface area contributed by atoms with E-state index in [9.17, 15) is 4.79 Å². The number of hydrogen-bond acceptors (Lipinski definition) is 5. The normalized spacial score (nSPS) is 12.4. The van der Waals surface area contributed by atoms with Gasteiger partial charge in [-0.3, -0.25) is 4.79 Å². The van der Waals surface area contributed by atoms with Crippen LogP contribution in [0.5, 0.6) is 0 Å². The Balaban J connectivity index is 2.32. The molecule has 0 saturated heterocycles. The van der Waals surface area contributed by atoms with Crippen molar-refractivity contribution in [1.29, 1.82) is 0 Å². The fourth-order valence-corrected chi connectivity index (χ4v) is 1.45. The summed E-state index contributed by atoms with van der Waals surface area (Å²) in [4.78, 5) is 15.9. The molecule has 0 aliphatic carbocycles. The van der Waals surface area contributed by atoms with Crippen LogP contribution in [0.4, 0.5) is 0 Å². The van der Waals surface area contributed by atoms with Crippen LogP contribution < -0.4 is 0 Å². The Labute approximate surface area is 98.8 Å². The van der Waals surface area contributed by atoms with Crippen LogP contribution in [0.25, 0.3) is 11.0 Å². The first-order valence-electron chi connectivity index (χ1n) is 5.48. The Bertz CT molecular complexity index is 542. The zero-order chi connectivity index (χ0) is 12.3. The molecule has 0 spiro atoms. The second-order valence-electron chi connectivity index (χ2n) is 3.63. The molecular formula is C12H13N3O2. The van der Waals surface area contributed by atoms with Crippen molar-refractivity contribution < 1.29 is 9.53 Å². The summed E-state index contributed by atoms with van der Waals surface area (Å²) >= 11 is 0. The monoisotopic (exact) mass is 231 g/mol. The standard InChI is InChI=1S/C12H13N3O2/c1-3-17-12(16)8(2)11-13-9-6-4-5-7-10(9)14-15-11/h4-8H,3H2,1-2H3/t8-/m0/s1. The number of esters is 1. The number of carbonyl (C=O) groups excluding carboxylic acids is 1. The van der Waals surface area contributed by atoms with Crippen molar-refractivity contribution in [3.05, 3.63) is 30.1 Å². The summed E-state index contributed by atoms with van der Waals surface area (Å²) in [5, 5.41) is 7.97. The zero-order valence-corrected chi connectivity index (χ0v) is 9.75. The van der Waals surface area contributed by atoms with E-state index in [-0.39, 0.29) is 5.97 Å². The lowest BCUT2D eigenvalue weighted by molar-refractivity contribution is -0.144. The predicted molar refractivity (Wildman–Crippen MR) is 62.4 cm³/mol. The van der Waals surface area contributed by atoms with Gasteiger partial charge in [0.2, 0.25) is 0 Å². The molecule has 0 unspecified atom stereocenters. The molecule has 0 saturated carbocycles. The largest absolute Gasteiger partial charge is 0.465 e. The maximum absolute atomic E-state index is 11.5. The molecule has 0 bridgehead atoms. The van der Waals surface area contributed by atoms with Crippen LogP contribution >= 0.6 is 0 Å². The van der Waals surface area contributed by atoms with Crippen molar-refractivity contribution >= 4 is 17.0 Å². The highest BCUT2D eigenvalue weighted by Gasteiger charge is 2.20. The first kappa shape index (κ1) is 11.4. The third kappa shape index (κ3) is 2.38. The minimum absolute atomic E-state index is 0.329. The fourth-order valence-electron chi connectivity index (χ4n) is 1.45. The Morgan fingerprint density at radius 1 is 1.29 bits per heavy atom. The quantitative estimate of drug-likeness (QED) is 0.752. The highest BCUT2D eigenvalue weighted by atomic mass is 16.5. The smallest absolute Gasteiger partial charge is 0.316 e. The molecule has 0 amide bonds. The molecule has 0 N–H and O–H groups in total. The molecule has 88 valence electrons. The first-order chi connectivity index (χ1) is 8.22. The van der Waals surface area contributed by atoms with Crippen LogP contribution in [0.15, 0.2) is 24.3 Å². The molecule has 2 rings (SSSR count). The molecule has 5 heteroatoms. The second kappa shape index (κ2) is 4.86. The highest BCUT2D eigenvalue weighted by Crippen LogP contribution is 2.14. The maximum atomic E-state index is 11.5. The van der Waals surface area contributed by atoms with E-state index >= 15 is 0 Å². The van der Waals surface area contributed by atoms with E-state index in [1.165, 1.54) is 0 Å². The maximum Gasteiger partial charge on any atom is 0.316 e. The van der Waals surface area contributed by atoms with Crippen molar-refractivity contribution in [2.45, 2.75) is 19.8 Å². The molecule has 0 radical (unpaired) electrons. The summed E-state index contributed by atoms with van der Waals surface area (Å²) in [6.45, 7) is 3.83. The van der Waals surface area contributed by atoms with Gasteiger partial charge in [-0.2, -0.15) is 0 Å². The molecule has 1 heterocycles. The van der Waals surface area contributed by atoms with Crippen LogP contribution in [-0.2, 0) is 9.53 Å². The third-order valence-electron chi connectivity index (χ3n) is 2.40. The predicted octanol–water partition coefficient (Wildman–Crippen LogP) is 1.69. The van der Waals surface area contributed by atoms with Gasteiger partial charge in [0.25, 0.3) is 0 Å². The van der Waals surface area contributed by atoms with Crippen LogP contribution in [0, 0.1) is 0 Å². The summed E-state index contributed by atoms with van der Waals surface area (Å²) in [6, 6.07) is 7.41. The van der Waals surface area contributed by atoms with Crippen LogP contribution in [0.3, 0.4) is 0 Å². The van der Waals surface area contributed by atoms with Crippen molar-refractivity contribution in [1.82, 2.24) is 15.2 Å². The number of rotatable bonds is 3. The molecule has 17 heavy (non-hydrogen) atoms. The Kier molecular flexibility index (Phi) is 3.27. The van der Waals surface area contributed by atoms with Gasteiger partial charge in [-0.1, -0.05) is 12.1 Å². The Hall–Kier alpha value is -2.04. The fraction of sp³-hybridized carbons (Fsp3) is 0.333. The zero-order valence-electron chi connectivity index (χ0n) is 9.75. The van der Waals surface area contributed by atoms with Gasteiger partial charge in [0, 0.05) is 0 Å². The molecule has 1 atom stereocenters. The number of benzene rings is 1. The van der Waals surface area contributed by atoms with Gasteiger partial charge in [-0.25, -0.2) is 4.98 Å². The van der Waals surface area contributed by atoms with Crippen LogP contribution in [0.2, 0.25) is 0 Å². The first-order valence-corrected chi connectivity index (χ1v) is 5.48. The molecule has 2 aromatic rings. The Morgan fingerprint density at radius 3 is 2.71 bits per heavy atom. The van der Waals surface area contributed by atoms with Crippen molar-refractivity contribution in [3.8, 4) is 0 Å². The lowest BCUT2D eigenvalue weighted by Gasteiger charge is -2.08. The number of ether oxygens (including phenoxy) is 1. The number of aromatic nitrogens is 3. The van der Waals surface area contributed by atoms with E-state index in [4.69, 9.17) is 4.74 Å². The SMILES string of the molecule is CCOC(=O)[C@@H](C)c1nnc2ccccc2n1. The average molecular weight is 231 g/mol. The topological polar surface area (TPSA) is 65.0 Å². The average Bonchev–Trinajstić information content (AvgIpc) is 2.37. The van der Waals surface area contributed by atoms with Gasteiger partial charge >= 0.3 is 5.97 Å². The van der Waals surface area contributed by atoms with Crippen molar-refractivity contribution in [2.24, 2.45) is 0 Å². The van der Waals surface area contributed by atoms with E-state index in [0.717, 1.165) is 5.52 Å². The summed E-state index contributed by atoms with van der Waals surface area (Å²) in [7, 11) is 0. The number of nitrogens with zero attached hydrogens (tertiary/aromatic N) is 3. The summed E-state index contributed by atoms with van der Waals surface area (Å²) in [5.41, 5.74) is 1.45. The van der Waals surface area contributed by atoms with Gasteiger partial charge in [0.15, 0.2) is 5.82 Å². The van der Waals surface area contributed by atoms with Crippen molar-refractivity contribution in [3.63, 3.8) is 0 Å². The van der Waals surface area contributed by atoms with Gasteiger partial charge < -0.3 is 4.74 Å². The second-order valence-corrected chi connectivity index (χ2v) is 3.63. The number of hydrogen-bond donors (Lipinski definition) is 0. The summed E-state index contributed by atoms with van der Waals surface area (Å²) in [5.74, 6) is -0.432. The molecule has 0 fully saturated rings. The lowest BCUT2D eigenvalue weighted by Crippen LogP contribution is -2.16. The highest BCUT2D eigenvalue weighted by molar-refractivity contribution is 5.78. The van der Waals surface area contributed by atoms with Gasteiger partial charge in [-0.15, -0.1) is 10.2 Å². The van der Waals surface area contributed by atoms with Crippen molar-refractivity contribution in [2.75, 3.05) is 6.61 Å². The third-order valence-corrected chi connectivity index (χ3v) is 2.40. The Morgan fingerprint density at radius 2 is 2.00 bits per heavy atom. The number of fused-ring (bicyclic) bond motifs is 1. The molecular weight excluding hydrogens is 218 g/mol. The van der Waals surface area contributed by atoms with Gasteiger partial charge in [0.05, 0.1) is 12.1 Å². The molecule has 1 aromatic carbocycles. The number of carbonyl (C=O) groups is 1. The summed E-state index contributed by atoms with van der Waals surface area (Å²) in [6.07, 6.45) is 0. The minimum atomic E-state index is -0.493. The van der Waals surface area contributed by atoms with E-state index in [2.05, 4.69) is 15.2 Å².